The van der Waals surface area contributed by atoms with Gasteiger partial charge in [0.15, 0.2) is 5.96 Å². The van der Waals surface area contributed by atoms with Crippen molar-refractivity contribution in [3.05, 3.63) is 41.3 Å². The van der Waals surface area contributed by atoms with Gasteiger partial charge in [-0.1, -0.05) is 19.9 Å². The number of aryl methyl sites for hydroxylation is 1. The first-order valence-corrected chi connectivity index (χ1v) is 11.2. The number of aromatic nitrogens is 3. The Morgan fingerprint density at radius 2 is 2.16 bits per heavy atom. The first-order valence-electron chi connectivity index (χ1n) is 11.2. The molecule has 1 aliphatic heterocycles. The molecule has 1 fully saturated rings. The van der Waals surface area contributed by atoms with Crippen molar-refractivity contribution in [1.82, 2.24) is 25.0 Å². The smallest absolute Gasteiger partial charge is 0.194 e. The number of rotatable bonds is 7. The van der Waals surface area contributed by atoms with E-state index in [1.807, 2.05) is 17.9 Å². The summed E-state index contributed by atoms with van der Waals surface area (Å²) in [7, 11) is 4.04. The molecule has 32 heavy (non-hydrogen) atoms. The van der Waals surface area contributed by atoms with Crippen molar-refractivity contribution in [3.8, 4) is 0 Å². The van der Waals surface area contributed by atoms with Crippen LogP contribution in [0.3, 0.4) is 0 Å². The van der Waals surface area contributed by atoms with Crippen molar-refractivity contribution in [1.29, 1.82) is 0 Å². The maximum Gasteiger partial charge on any atom is 0.194 e. The molecule has 0 spiro atoms. The van der Waals surface area contributed by atoms with Gasteiger partial charge in [0.1, 0.15) is 5.82 Å². The average Bonchev–Trinajstić information content (AvgIpc) is 3.11. The Morgan fingerprint density at radius 1 is 1.38 bits per heavy atom. The molecule has 0 aromatic carbocycles. The molecular weight excluding hydrogens is 517 g/mol. The molecule has 9 heteroatoms. The normalized spacial score (nSPS) is 16.8. The summed E-state index contributed by atoms with van der Waals surface area (Å²) in [6.45, 7) is 13.2. The van der Waals surface area contributed by atoms with E-state index in [4.69, 9.17) is 9.73 Å². The fourth-order valence-electron chi connectivity index (χ4n) is 3.85. The Balaban J connectivity index is 0.00000363. The summed E-state index contributed by atoms with van der Waals surface area (Å²) in [5.74, 6) is 2.28. The first kappa shape index (κ1) is 26.4. The number of nitrogens with zero attached hydrogens (tertiary/aromatic N) is 6. The lowest BCUT2D eigenvalue weighted by Crippen LogP contribution is -2.41. The Bertz CT molecular complexity index is 866. The summed E-state index contributed by atoms with van der Waals surface area (Å²) in [5, 5.41) is 8.03. The largest absolute Gasteiger partial charge is 0.375 e. The highest BCUT2D eigenvalue weighted by molar-refractivity contribution is 14.0. The predicted octanol–water partition coefficient (Wildman–Crippen LogP) is 3.38. The lowest BCUT2D eigenvalue weighted by atomic mass is 10.1. The summed E-state index contributed by atoms with van der Waals surface area (Å²) >= 11 is 0. The number of aliphatic imine (C=N–C) groups is 1. The number of guanidine groups is 1. The number of pyridine rings is 1. The summed E-state index contributed by atoms with van der Waals surface area (Å²) < 4.78 is 7.52. The van der Waals surface area contributed by atoms with Crippen LogP contribution in [0.25, 0.3) is 0 Å². The lowest BCUT2D eigenvalue weighted by Gasteiger charge is -2.32. The highest BCUT2D eigenvalue weighted by Crippen LogP contribution is 2.19. The molecule has 1 N–H and O–H groups in total. The summed E-state index contributed by atoms with van der Waals surface area (Å²) in [6.07, 6.45) is 4.28. The molecule has 0 bridgehead atoms. The van der Waals surface area contributed by atoms with E-state index in [-0.39, 0.29) is 30.1 Å². The zero-order chi connectivity index (χ0) is 22.4. The van der Waals surface area contributed by atoms with E-state index >= 15 is 0 Å². The van der Waals surface area contributed by atoms with E-state index in [0.29, 0.717) is 12.5 Å². The minimum atomic E-state index is 0. The minimum absolute atomic E-state index is 0. The Labute approximate surface area is 209 Å². The molecule has 1 aliphatic rings. The van der Waals surface area contributed by atoms with Gasteiger partial charge in [-0.05, 0) is 31.4 Å². The van der Waals surface area contributed by atoms with Gasteiger partial charge in [0, 0.05) is 58.2 Å². The summed E-state index contributed by atoms with van der Waals surface area (Å²) in [6, 6.07) is 4.21. The summed E-state index contributed by atoms with van der Waals surface area (Å²) in [4.78, 5) is 13.9. The third-order valence-electron chi connectivity index (χ3n) is 5.37. The molecule has 1 atom stereocenters. The van der Waals surface area contributed by atoms with Crippen LogP contribution in [0.2, 0.25) is 0 Å². The molecule has 3 rings (SSSR count). The standard InChI is InChI=1S/C23H37N7O.HI/c1-7-24-23(28(5)15-20-16-29(6)27-22(20)17(2)3)26-13-19-8-9-21(25-12-19)30-10-11-31-18(4)14-30;/h8-9,12,16-18H,7,10-11,13-15H2,1-6H3,(H,24,26);1H. The molecule has 178 valence electrons. The van der Waals surface area contributed by atoms with Crippen LogP contribution in [0.4, 0.5) is 5.82 Å². The number of hydrogen-bond acceptors (Lipinski definition) is 5. The maximum absolute atomic E-state index is 5.62. The number of hydrogen-bond donors (Lipinski definition) is 1. The van der Waals surface area contributed by atoms with Crippen LogP contribution < -0.4 is 10.2 Å². The zero-order valence-corrected chi connectivity index (χ0v) is 22.5. The molecule has 2 aromatic rings. The van der Waals surface area contributed by atoms with Crippen LogP contribution in [0.15, 0.2) is 29.5 Å². The number of anilines is 1. The van der Waals surface area contributed by atoms with Gasteiger partial charge < -0.3 is 19.9 Å². The van der Waals surface area contributed by atoms with Crippen LogP contribution in [-0.4, -0.2) is 65.0 Å². The molecule has 1 saturated heterocycles. The molecule has 0 saturated carbocycles. The Hall–Kier alpha value is -1.88. The van der Waals surface area contributed by atoms with Crippen LogP contribution in [-0.2, 0) is 24.9 Å². The van der Waals surface area contributed by atoms with Crippen LogP contribution in [0.5, 0.6) is 0 Å². The third kappa shape index (κ3) is 7.06. The SMILES string of the molecule is CCNC(=NCc1ccc(N2CCOC(C)C2)nc1)N(C)Cc1cn(C)nc1C(C)C.I. The second kappa shape index (κ2) is 12.4. The van der Waals surface area contributed by atoms with Crippen molar-refractivity contribution in [2.45, 2.75) is 52.8 Å². The van der Waals surface area contributed by atoms with Gasteiger partial charge in [-0.3, -0.25) is 4.68 Å². The van der Waals surface area contributed by atoms with Crippen LogP contribution in [0, 0.1) is 0 Å². The molecule has 1 unspecified atom stereocenters. The third-order valence-corrected chi connectivity index (χ3v) is 5.37. The van der Waals surface area contributed by atoms with Gasteiger partial charge in [0.2, 0.25) is 0 Å². The van der Waals surface area contributed by atoms with Crippen molar-refractivity contribution in [2.75, 3.05) is 38.2 Å². The van der Waals surface area contributed by atoms with Crippen molar-refractivity contribution in [2.24, 2.45) is 12.0 Å². The van der Waals surface area contributed by atoms with Gasteiger partial charge in [-0.25, -0.2) is 9.98 Å². The van der Waals surface area contributed by atoms with E-state index in [1.54, 1.807) is 0 Å². The molecule has 0 radical (unpaired) electrons. The number of nitrogens with one attached hydrogen (secondary N) is 1. The van der Waals surface area contributed by atoms with E-state index in [2.05, 4.69) is 78.3 Å². The minimum Gasteiger partial charge on any atom is -0.375 e. The van der Waals surface area contributed by atoms with E-state index in [9.17, 15) is 0 Å². The Kier molecular flexibility index (Phi) is 10.2. The van der Waals surface area contributed by atoms with Gasteiger partial charge >= 0.3 is 0 Å². The highest BCUT2D eigenvalue weighted by Gasteiger charge is 2.18. The zero-order valence-electron chi connectivity index (χ0n) is 20.2. The molecule has 3 heterocycles. The van der Waals surface area contributed by atoms with Gasteiger partial charge in [0.25, 0.3) is 0 Å². The fourth-order valence-corrected chi connectivity index (χ4v) is 3.85. The van der Waals surface area contributed by atoms with Crippen molar-refractivity contribution < 1.29 is 4.74 Å². The monoisotopic (exact) mass is 555 g/mol. The van der Waals surface area contributed by atoms with Gasteiger partial charge in [-0.2, -0.15) is 5.10 Å². The molecule has 8 nitrogen and oxygen atoms in total. The molecule has 0 aliphatic carbocycles. The second-order valence-electron chi connectivity index (χ2n) is 8.55. The van der Waals surface area contributed by atoms with Crippen LogP contribution in [0.1, 0.15) is 50.4 Å². The number of halogens is 1. The van der Waals surface area contributed by atoms with Gasteiger partial charge in [-0.15, -0.1) is 24.0 Å². The quantitative estimate of drug-likeness (QED) is 0.321. The van der Waals surface area contributed by atoms with E-state index in [1.165, 1.54) is 5.56 Å². The molecular formula is C23H38IN7O. The second-order valence-corrected chi connectivity index (χ2v) is 8.55. The van der Waals surface area contributed by atoms with Gasteiger partial charge in [0.05, 0.1) is 24.9 Å². The molecule has 0 amide bonds. The highest BCUT2D eigenvalue weighted by atomic mass is 127. The van der Waals surface area contributed by atoms with Crippen molar-refractivity contribution >= 4 is 35.8 Å². The topological polar surface area (TPSA) is 70.8 Å². The lowest BCUT2D eigenvalue weighted by molar-refractivity contribution is 0.0529. The predicted molar refractivity (Wildman–Crippen MR) is 141 cm³/mol. The first-order chi connectivity index (χ1) is 14.9. The van der Waals surface area contributed by atoms with E-state index in [0.717, 1.165) is 55.8 Å². The average molecular weight is 556 g/mol. The fraction of sp³-hybridized carbons (Fsp3) is 0.609. The Morgan fingerprint density at radius 3 is 2.78 bits per heavy atom. The number of morpholine rings is 1. The van der Waals surface area contributed by atoms with Crippen molar-refractivity contribution in [3.63, 3.8) is 0 Å². The molecule has 2 aromatic heterocycles. The van der Waals surface area contributed by atoms with E-state index < -0.39 is 0 Å². The summed E-state index contributed by atoms with van der Waals surface area (Å²) in [5.41, 5.74) is 3.47. The number of ether oxygens (including phenoxy) is 1. The maximum atomic E-state index is 5.62. The van der Waals surface area contributed by atoms with Crippen LogP contribution >= 0.6 is 24.0 Å².